The Labute approximate surface area is 78.3 Å². The molecule has 0 aliphatic rings. The summed E-state index contributed by atoms with van der Waals surface area (Å²) in [5, 5.41) is 8.39. The molecule has 0 rings (SSSR count). The molecule has 0 aromatic heterocycles. The molecule has 2 unspecified atom stereocenters. The van der Waals surface area contributed by atoms with Crippen LogP contribution >= 0.6 is 8.60 Å². The number of aliphatic carboxylic acids is 1. The summed E-state index contributed by atoms with van der Waals surface area (Å²) < 4.78 is 4.73. The van der Waals surface area contributed by atoms with Crippen LogP contribution in [0.25, 0.3) is 0 Å². The molecule has 5 nitrogen and oxygen atoms in total. The van der Waals surface area contributed by atoms with Gasteiger partial charge >= 0.3 is 14.6 Å². The van der Waals surface area contributed by atoms with Gasteiger partial charge in [0.1, 0.15) is 0 Å². The minimum absolute atomic E-state index is 0.000370. The van der Waals surface area contributed by atoms with Gasteiger partial charge in [0, 0.05) is 6.42 Å². The van der Waals surface area contributed by atoms with Gasteiger partial charge in [-0.25, -0.2) is 0 Å². The van der Waals surface area contributed by atoms with E-state index in [4.69, 9.17) is 19.4 Å². The molecule has 2 atom stereocenters. The Balaban J connectivity index is 3.68. The predicted octanol–water partition coefficient (Wildman–Crippen LogP) is 1.10. The number of carboxylic acids is 1. The Hall–Kier alpha value is -0.220. The van der Waals surface area contributed by atoms with Gasteiger partial charge in [-0.3, -0.25) is 4.79 Å². The molecule has 78 valence electrons. The summed E-state index contributed by atoms with van der Waals surface area (Å²) in [6.07, 6.45) is 0.212. The van der Waals surface area contributed by atoms with E-state index in [1.165, 1.54) is 0 Å². The molecule has 0 spiro atoms. The van der Waals surface area contributed by atoms with Gasteiger partial charge in [0.2, 0.25) is 0 Å². The molecule has 0 aliphatic heterocycles. The standard InChI is InChI=1S/C7H15O5P/c1-5(3-4-7(8)9)6(2)12-13(10)11/h5-6,10-11H,3-4H2,1-2H3,(H,8,9). The summed E-state index contributed by atoms with van der Waals surface area (Å²) in [5.41, 5.74) is 0. The van der Waals surface area contributed by atoms with E-state index in [2.05, 4.69) is 0 Å². The molecule has 6 heteroatoms. The molecule has 0 aromatic rings. The summed E-state index contributed by atoms with van der Waals surface area (Å²) in [6, 6.07) is 0. The van der Waals surface area contributed by atoms with E-state index in [0.717, 1.165) is 0 Å². The van der Waals surface area contributed by atoms with Gasteiger partial charge in [-0.05, 0) is 19.3 Å². The van der Waals surface area contributed by atoms with E-state index in [-0.39, 0.29) is 18.4 Å². The minimum atomic E-state index is -2.35. The lowest BCUT2D eigenvalue weighted by molar-refractivity contribution is -0.137. The van der Waals surface area contributed by atoms with Gasteiger partial charge in [-0.2, -0.15) is 0 Å². The molecule has 0 saturated carbocycles. The van der Waals surface area contributed by atoms with Gasteiger partial charge in [0.15, 0.2) is 0 Å². The van der Waals surface area contributed by atoms with Crippen molar-refractivity contribution in [3.8, 4) is 0 Å². The molecule has 0 aliphatic carbocycles. The lowest BCUT2D eigenvalue weighted by Gasteiger charge is -2.19. The Morgan fingerprint density at radius 2 is 2.00 bits per heavy atom. The number of carboxylic acid groups (broad SMARTS) is 1. The van der Waals surface area contributed by atoms with Crippen LogP contribution in [0.1, 0.15) is 26.7 Å². The molecule has 0 bridgehead atoms. The third-order valence-electron chi connectivity index (χ3n) is 1.88. The third kappa shape index (κ3) is 6.90. The van der Waals surface area contributed by atoms with Crippen LogP contribution in [-0.4, -0.2) is 27.0 Å². The van der Waals surface area contributed by atoms with E-state index in [9.17, 15) is 4.79 Å². The first-order chi connectivity index (χ1) is 5.93. The molecular formula is C7H15O5P. The smallest absolute Gasteiger partial charge is 0.327 e. The number of hydrogen-bond acceptors (Lipinski definition) is 4. The Kier molecular flexibility index (Phi) is 6.16. The molecule has 0 aromatic carbocycles. The van der Waals surface area contributed by atoms with Crippen molar-refractivity contribution in [2.45, 2.75) is 32.8 Å². The highest BCUT2D eigenvalue weighted by atomic mass is 31.2. The highest BCUT2D eigenvalue weighted by Crippen LogP contribution is 2.30. The second-order valence-electron chi connectivity index (χ2n) is 2.97. The lowest BCUT2D eigenvalue weighted by atomic mass is 10.0. The molecule has 0 heterocycles. The van der Waals surface area contributed by atoms with Gasteiger partial charge in [-0.15, -0.1) is 0 Å². The van der Waals surface area contributed by atoms with Crippen LogP contribution in [0.2, 0.25) is 0 Å². The Morgan fingerprint density at radius 1 is 1.46 bits per heavy atom. The van der Waals surface area contributed by atoms with Gasteiger partial charge in [0.05, 0.1) is 6.10 Å². The minimum Gasteiger partial charge on any atom is -0.481 e. The van der Waals surface area contributed by atoms with E-state index in [1.54, 1.807) is 6.92 Å². The highest BCUT2D eigenvalue weighted by Gasteiger charge is 2.17. The van der Waals surface area contributed by atoms with Crippen molar-refractivity contribution in [3.63, 3.8) is 0 Å². The van der Waals surface area contributed by atoms with Crippen molar-refractivity contribution in [3.05, 3.63) is 0 Å². The molecule has 0 radical (unpaired) electrons. The zero-order valence-corrected chi connectivity index (χ0v) is 8.57. The van der Waals surface area contributed by atoms with Crippen molar-refractivity contribution >= 4 is 14.6 Å². The van der Waals surface area contributed by atoms with Crippen LogP contribution in [0, 0.1) is 5.92 Å². The zero-order chi connectivity index (χ0) is 10.4. The maximum absolute atomic E-state index is 10.2. The average Bonchev–Trinajstić information content (AvgIpc) is 1.98. The van der Waals surface area contributed by atoms with E-state index < -0.39 is 14.6 Å². The van der Waals surface area contributed by atoms with Crippen molar-refractivity contribution in [1.29, 1.82) is 0 Å². The normalized spacial score (nSPS) is 15.8. The molecule has 0 amide bonds. The first-order valence-electron chi connectivity index (χ1n) is 4.00. The average molecular weight is 210 g/mol. The van der Waals surface area contributed by atoms with Gasteiger partial charge in [-0.1, -0.05) is 6.92 Å². The van der Waals surface area contributed by atoms with Crippen molar-refractivity contribution in [2.24, 2.45) is 5.92 Å². The van der Waals surface area contributed by atoms with Crippen LogP contribution in [0.15, 0.2) is 0 Å². The van der Waals surface area contributed by atoms with Crippen LogP contribution in [0.3, 0.4) is 0 Å². The summed E-state index contributed by atoms with van der Waals surface area (Å²) in [6.45, 7) is 3.50. The van der Waals surface area contributed by atoms with Crippen LogP contribution < -0.4 is 0 Å². The van der Waals surface area contributed by atoms with E-state index in [1.807, 2.05) is 6.92 Å². The number of rotatable bonds is 6. The topological polar surface area (TPSA) is 87.0 Å². The first kappa shape index (κ1) is 12.8. The summed E-state index contributed by atoms with van der Waals surface area (Å²) in [5.74, 6) is -0.852. The number of hydrogen-bond donors (Lipinski definition) is 3. The quantitative estimate of drug-likeness (QED) is 0.571. The van der Waals surface area contributed by atoms with Crippen LogP contribution in [0.4, 0.5) is 0 Å². The van der Waals surface area contributed by atoms with E-state index in [0.29, 0.717) is 6.42 Å². The SMILES string of the molecule is CC(CCC(=O)O)C(C)OP(O)O. The monoisotopic (exact) mass is 210 g/mol. The summed E-state index contributed by atoms with van der Waals surface area (Å²) in [7, 11) is -2.35. The predicted molar refractivity (Wildman–Crippen MR) is 47.9 cm³/mol. The highest BCUT2D eigenvalue weighted by molar-refractivity contribution is 7.39. The van der Waals surface area contributed by atoms with Crippen LogP contribution in [0.5, 0.6) is 0 Å². The van der Waals surface area contributed by atoms with Crippen molar-refractivity contribution in [1.82, 2.24) is 0 Å². The van der Waals surface area contributed by atoms with Gasteiger partial charge < -0.3 is 19.4 Å². The van der Waals surface area contributed by atoms with Gasteiger partial charge in [0.25, 0.3) is 0 Å². The number of carbonyl (C=O) groups is 1. The maximum Gasteiger partial charge on any atom is 0.327 e. The maximum atomic E-state index is 10.2. The zero-order valence-electron chi connectivity index (χ0n) is 7.67. The second-order valence-corrected chi connectivity index (χ2v) is 3.69. The molecule has 13 heavy (non-hydrogen) atoms. The van der Waals surface area contributed by atoms with Crippen LogP contribution in [-0.2, 0) is 9.32 Å². The van der Waals surface area contributed by atoms with E-state index >= 15 is 0 Å². The fraction of sp³-hybridized carbons (Fsp3) is 0.857. The molecular weight excluding hydrogens is 195 g/mol. The van der Waals surface area contributed by atoms with Crippen molar-refractivity contribution in [2.75, 3.05) is 0 Å². The Morgan fingerprint density at radius 3 is 2.38 bits per heavy atom. The first-order valence-corrected chi connectivity index (χ1v) is 5.16. The third-order valence-corrected chi connectivity index (χ3v) is 2.40. The lowest BCUT2D eigenvalue weighted by Crippen LogP contribution is -2.17. The Bertz CT molecular complexity index is 161. The summed E-state index contributed by atoms with van der Waals surface area (Å²) >= 11 is 0. The van der Waals surface area contributed by atoms with Crippen molar-refractivity contribution < 1.29 is 24.2 Å². The second kappa shape index (κ2) is 6.27. The molecule has 0 fully saturated rings. The summed E-state index contributed by atoms with van der Waals surface area (Å²) in [4.78, 5) is 27.3. The largest absolute Gasteiger partial charge is 0.481 e. The fourth-order valence-corrected chi connectivity index (χ4v) is 1.34. The molecule has 3 N–H and O–H groups in total. The fourth-order valence-electron chi connectivity index (χ4n) is 0.838. The molecule has 0 saturated heterocycles.